The summed E-state index contributed by atoms with van der Waals surface area (Å²) in [5.41, 5.74) is 15.9. The fourth-order valence-electron chi connectivity index (χ4n) is 8.88. The van der Waals surface area contributed by atoms with Crippen molar-refractivity contribution in [3.8, 4) is 39.1 Å². The first kappa shape index (κ1) is 34.3. The first-order valence-corrected chi connectivity index (χ1v) is 21.0. The molecule has 0 fully saturated rings. The van der Waals surface area contributed by atoms with Crippen molar-refractivity contribution in [3.05, 3.63) is 211 Å². The lowest BCUT2D eigenvalue weighted by Gasteiger charge is -2.26. The normalized spacial score (nSPS) is 13.6. The molecular weight excluding hydrogens is 721 g/mol. The quantitative estimate of drug-likeness (QED) is 0.157. The average molecular weight is 761 g/mol. The molecule has 2 heterocycles. The summed E-state index contributed by atoms with van der Waals surface area (Å²) in [6.45, 7) is 2.33. The molecule has 0 aliphatic heterocycles. The fraction of sp³-hybridized carbons (Fsp3) is 0.0545. The van der Waals surface area contributed by atoms with Gasteiger partial charge in [-0.2, -0.15) is 0 Å². The molecule has 58 heavy (non-hydrogen) atoms. The highest BCUT2D eigenvalue weighted by Gasteiger charge is 2.23. The van der Waals surface area contributed by atoms with Crippen LogP contribution in [0.5, 0.6) is 0 Å². The lowest BCUT2D eigenvalue weighted by Crippen LogP contribution is -2.09. The molecule has 1 aliphatic carbocycles. The third-order valence-corrected chi connectivity index (χ3v) is 13.0. The van der Waals surface area contributed by atoms with Gasteiger partial charge in [-0.3, -0.25) is 0 Å². The van der Waals surface area contributed by atoms with Crippen LogP contribution in [0.1, 0.15) is 18.2 Å². The number of fused-ring (bicyclic) bond motifs is 6. The summed E-state index contributed by atoms with van der Waals surface area (Å²) in [7, 11) is 0. The fourth-order valence-corrected chi connectivity index (χ4v) is 10.1. The minimum absolute atomic E-state index is 0.490. The predicted octanol–water partition coefficient (Wildman–Crippen LogP) is 15.7. The Morgan fingerprint density at radius 3 is 1.62 bits per heavy atom. The molecule has 1 aliphatic rings. The molecule has 3 heteroatoms. The van der Waals surface area contributed by atoms with E-state index in [0.717, 1.165) is 23.5 Å². The molecular formula is C55H40N2S. The van der Waals surface area contributed by atoms with Crippen molar-refractivity contribution < 1.29 is 0 Å². The Morgan fingerprint density at radius 2 is 1.00 bits per heavy atom. The molecule has 0 N–H and O–H groups in total. The van der Waals surface area contributed by atoms with E-state index in [0.29, 0.717) is 5.92 Å². The smallest absolute Gasteiger partial charge is 0.0640 e. The molecule has 0 saturated heterocycles. The third-order valence-electron chi connectivity index (χ3n) is 11.8. The largest absolute Gasteiger partial charge is 0.311 e. The van der Waals surface area contributed by atoms with Crippen molar-refractivity contribution >= 4 is 65.6 Å². The SMILES string of the molecule is CC1C=Cc2c(c3cc(-c4ccc(N(c5ccc(-c6ccccc6)cc5)c5ccc(-c6ccccc6)cc5)cc4)ccc3n2-c2cccc3c2sc2ccccc23)C1. The summed E-state index contributed by atoms with van der Waals surface area (Å²) in [5.74, 6) is 0.490. The molecule has 11 rings (SSSR count). The molecule has 2 nitrogen and oxygen atoms in total. The lowest BCUT2D eigenvalue weighted by atomic mass is 9.92. The monoisotopic (exact) mass is 760 g/mol. The molecule has 2 aromatic heterocycles. The van der Waals surface area contributed by atoms with Crippen LogP contribution in [0.25, 0.3) is 76.2 Å². The van der Waals surface area contributed by atoms with E-state index in [1.165, 1.54) is 81.4 Å². The molecule has 0 saturated carbocycles. The van der Waals surface area contributed by atoms with Crippen LogP contribution in [0.3, 0.4) is 0 Å². The van der Waals surface area contributed by atoms with Crippen molar-refractivity contribution in [3.63, 3.8) is 0 Å². The van der Waals surface area contributed by atoms with Gasteiger partial charge in [0.05, 0.1) is 15.9 Å². The first-order valence-electron chi connectivity index (χ1n) is 20.1. The number of benzene rings is 8. The molecule has 0 spiro atoms. The van der Waals surface area contributed by atoms with E-state index in [2.05, 4.69) is 223 Å². The van der Waals surface area contributed by atoms with Gasteiger partial charge in [0.2, 0.25) is 0 Å². The maximum absolute atomic E-state index is 2.52. The summed E-state index contributed by atoms with van der Waals surface area (Å²) >= 11 is 1.90. The predicted molar refractivity (Wildman–Crippen MR) is 249 cm³/mol. The molecule has 1 atom stereocenters. The Kier molecular flexibility index (Phi) is 8.41. The second-order valence-corrected chi connectivity index (χ2v) is 16.5. The minimum Gasteiger partial charge on any atom is -0.311 e. The van der Waals surface area contributed by atoms with Crippen LogP contribution in [-0.2, 0) is 6.42 Å². The first-order chi connectivity index (χ1) is 28.7. The van der Waals surface area contributed by atoms with Crippen LogP contribution in [0.4, 0.5) is 17.1 Å². The second-order valence-electron chi connectivity index (χ2n) is 15.4. The van der Waals surface area contributed by atoms with E-state index in [1.807, 2.05) is 11.3 Å². The van der Waals surface area contributed by atoms with Crippen LogP contribution in [0.2, 0.25) is 0 Å². The topological polar surface area (TPSA) is 8.17 Å². The standard InChI is InChI=1S/C55H40N2S/c1-37-19-33-51-49(35-37)50-36-43(26-34-52(50)57(51)53-17-10-16-48-47-15-8-9-18-54(47)58-55(48)53)42-24-31-46(32-25-42)56(44-27-20-40(21-28-44)38-11-4-2-5-12-38)45-29-22-41(23-30-45)39-13-6-3-7-14-39/h2-34,36-37H,35H2,1H3. The zero-order valence-electron chi connectivity index (χ0n) is 32.2. The molecule has 276 valence electrons. The summed E-state index contributed by atoms with van der Waals surface area (Å²) in [6, 6.07) is 70.8. The molecule has 10 aromatic rings. The van der Waals surface area contributed by atoms with Gasteiger partial charge in [0.15, 0.2) is 0 Å². The zero-order valence-corrected chi connectivity index (χ0v) is 33.0. The van der Waals surface area contributed by atoms with E-state index in [-0.39, 0.29) is 0 Å². The number of anilines is 3. The van der Waals surface area contributed by atoms with Crippen LogP contribution in [0, 0.1) is 5.92 Å². The van der Waals surface area contributed by atoms with Crippen LogP contribution < -0.4 is 4.90 Å². The van der Waals surface area contributed by atoms with Gasteiger partial charge < -0.3 is 9.47 Å². The lowest BCUT2D eigenvalue weighted by molar-refractivity contribution is 0.718. The number of allylic oxidation sites excluding steroid dienone is 1. The number of nitrogens with zero attached hydrogens (tertiary/aromatic N) is 2. The number of thiophene rings is 1. The summed E-state index contributed by atoms with van der Waals surface area (Å²) in [4.78, 5) is 2.36. The molecule has 8 aromatic carbocycles. The highest BCUT2D eigenvalue weighted by molar-refractivity contribution is 7.26. The number of hydrogen-bond donors (Lipinski definition) is 0. The van der Waals surface area contributed by atoms with E-state index in [1.54, 1.807) is 0 Å². The maximum Gasteiger partial charge on any atom is 0.0640 e. The van der Waals surface area contributed by atoms with Crippen molar-refractivity contribution in [1.29, 1.82) is 0 Å². The Labute approximate surface area is 343 Å². The Hall–Kier alpha value is -6.94. The summed E-state index contributed by atoms with van der Waals surface area (Å²) < 4.78 is 5.18. The summed E-state index contributed by atoms with van der Waals surface area (Å²) in [5, 5.41) is 3.99. The number of aromatic nitrogens is 1. The number of rotatable bonds is 7. The highest BCUT2D eigenvalue weighted by Crippen LogP contribution is 2.43. The number of hydrogen-bond acceptors (Lipinski definition) is 2. The van der Waals surface area contributed by atoms with Gasteiger partial charge >= 0.3 is 0 Å². The minimum atomic E-state index is 0.490. The van der Waals surface area contributed by atoms with E-state index in [9.17, 15) is 0 Å². The Bertz CT molecular complexity index is 3030. The van der Waals surface area contributed by atoms with Gasteiger partial charge in [-0.15, -0.1) is 11.3 Å². The van der Waals surface area contributed by atoms with Gasteiger partial charge in [0.1, 0.15) is 0 Å². The second kappa shape index (κ2) is 14.2. The summed E-state index contributed by atoms with van der Waals surface area (Å²) in [6.07, 6.45) is 5.76. The average Bonchev–Trinajstić information content (AvgIpc) is 3.83. The highest BCUT2D eigenvalue weighted by atomic mass is 32.1. The van der Waals surface area contributed by atoms with Crippen molar-refractivity contribution in [2.24, 2.45) is 5.92 Å². The van der Waals surface area contributed by atoms with E-state index >= 15 is 0 Å². The van der Waals surface area contributed by atoms with Gasteiger partial charge in [-0.1, -0.05) is 146 Å². The molecule has 0 radical (unpaired) electrons. The molecule has 0 bridgehead atoms. The zero-order chi connectivity index (χ0) is 38.6. The van der Waals surface area contributed by atoms with Gasteiger partial charge in [0, 0.05) is 43.6 Å². The van der Waals surface area contributed by atoms with Crippen molar-refractivity contribution in [2.45, 2.75) is 13.3 Å². The van der Waals surface area contributed by atoms with Gasteiger partial charge in [0.25, 0.3) is 0 Å². The third kappa shape index (κ3) is 5.95. The van der Waals surface area contributed by atoms with Crippen LogP contribution in [0.15, 0.2) is 200 Å². The van der Waals surface area contributed by atoms with Gasteiger partial charge in [-0.05, 0) is 118 Å². The molecule has 1 unspecified atom stereocenters. The van der Waals surface area contributed by atoms with E-state index < -0.39 is 0 Å². The maximum atomic E-state index is 2.52. The van der Waals surface area contributed by atoms with Crippen LogP contribution in [-0.4, -0.2) is 4.57 Å². The van der Waals surface area contributed by atoms with E-state index in [4.69, 9.17) is 0 Å². The molecule has 0 amide bonds. The van der Waals surface area contributed by atoms with Gasteiger partial charge in [-0.25, -0.2) is 0 Å². The Balaban J connectivity index is 0.989. The van der Waals surface area contributed by atoms with Crippen molar-refractivity contribution in [2.75, 3.05) is 4.90 Å². The van der Waals surface area contributed by atoms with Crippen molar-refractivity contribution in [1.82, 2.24) is 4.57 Å². The van der Waals surface area contributed by atoms with Crippen LogP contribution >= 0.6 is 11.3 Å². The Morgan fingerprint density at radius 1 is 0.483 bits per heavy atom.